The minimum absolute atomic E-state index is 0.170. The molecule has 0 bridgehead atoms. The molecule has 1 aromatic heterocycles. The molecule has 2 N–H and O–H groups in total. The Kier molecular flexibility index (Phi) is 8.71. The summed E-state index contributed by atoms with van der Waals surface area (Å²) in [4.78, 5) is 26.2. The third-order valence-corrected chi connectivity index (χ3v) is 6.92. The van der Waals surface area contributed by atoms with Gasteiger partial charge < -0.3 is 19.7 Å². The minimum Gasteiger partial charge on any atom is -0.475 e. The highest BCUT2D eigenvalue weighted by Crippen LogP contribution is 2.38. The van der Waals surface area contributed by atoms with Crippen molar-refractivity contribution in [2.75, 3.05) is 26.7 Å². The van der Waals surface area contributed by atoms with Gasteiger partial charge in [0.2, 0.25) is 0 Å². The summed E-state index contributed by atoms with van der Waals surface area (Å²) in [6.45, 7) is 4.41. The van der Waals surface area contributed by atoms with Crippen LogP contribution >= 0.6 is 11.6 Å². The van der Waals surface area contributed by atoms with Gasteiger partial charge in [-0.2, -0.15) is 13.2 Å². The fourth-order valence-electron chi connectivity index (χ4n) is 4.38. The van der Waals surface area contributed by atoms with E-state index in [4.69, 9.17) is 26.2 Å². The van der Waals surface area contributed by atoms with Gasteiger partial charge in [-0.15, -0.1) is 0 Å². The molecular weight excluding hydrogens is 518 g/mol. The summed E-state index contributed by atoms with van der Waals surface area (Å²) in [5, 5.41) is 7.69. The van der Waals surface area contributed by atoms with E-state index in [1.54, 1.807) is 17.7 Å². The molecule has 2 heterocycles. The number of alkyl halides is 3. The Balaban J connectivity index is 0.000000479. The number of aromatic amines is 1. The summed E-state index contributed by atoms with van der Waals surface area (Å²) in [5.41, 5.74) is 3.12. The van der Waals surface area contributed by atoms with Gasteiger partial charge in [-0.1, -0.05) is 23.7 Å². The second-order valence-electron chi connectivity index (χ2n) is 9.22. The zero-order chi connectivity index (χ0) is 27.5. The number of piperidine rings is 1. The number of imidazole rings is 1. The van der Waals surface area contributed by atoms with E-state index in [2.05, 4.69) is 16.9 Å². The molecule has 4 rings (SSSR count). The third-order valence-electron chi connectivity index (χ3n) is 6.70. The number of ether oxygens (including phenoxy) is 1. The number of likely N-dealkylation sites (tertiary alicyclic amines) is 1. The Morgan fingerprint density at radius 2 is 1.76 bits per heavy atom. The van der Waals surface area contributed by atoms with Crippen molar-refractivity contribution in [3.8, 4) is 0 Å². The predicted molar refractivity (Wildman–Crippen MR) is 131 cm³/mol. The van der Waals surface area contributed by atoms with Crippen LogP contribution in [0.2, 0.25) is 5.02 Å². The monoisotopic (exact) mass is 545 g/mol. The fraction of sp³-hybridized carbons (Fsp3) is 0.440. The van der Waals surface area contributed by atoms with Gasteiger partial charge >= 0.3 is 17.8 Å². The van der Waals surface area contributed by atoms with Crippen molar-refractivity contribution in [2.45, 2.75) is 37.5 Å². The number of carbonyl (C=O) groups is 1. The van der Waals surface area contributed by atoms with Crippen molar-refractivity contribution < 1.29 is 32.2 Å². The number of aromatic nitrogens is 2. The van der Waals surface area contributed by atoms with Crippen molar-refractivity contribution in [3.63, 3.8) is 0 Å². The molecule has 7 nitrogen and oxygen atoms in total. The first-order valence-electron chi connectivity index (χ1n) is 11.5. The number of halogens is 5. The smallest absolute Gasteiger partial charge is 0.475 e. The molecule has 0 saturated carbocycles. The van der Waals surface area contributed by atoms with Crippen molar-refractivity contribution in [3.05, 3.63) is 68.8 Å². The van der Waals surface area contributed by atoms with Crippen LogP contribution in [0.1, 0.15) is 37.0 Å². The number of hydrogen-bond acceptors (Lipinski definition) is 4. The van der Waals surface area contributed by atoms with E-state index < -0.39 is 12.1 Å². The first-order chi connectivity index (χ1) is 17.2. The second-order valence-corrected chi connectivity index (χ2v) is 9.66. The van der Waals surface area contributed by atoms with Gasteiger partial charge in [-0.05, 0) is 69.7 Å². The molecule has 0 amide bonds. The van der Waals surface area contributed by atoms with E-state index in [0.29, 0.717) is 11.6 Å². The van der Waals surface area contributed by atoms with Crippen molar-refractivity contribution in [1.82, 2.24) is 14.5 Å². The molecule has 0 radical (unpaired) electrons. The van der Waals surface area contributed by atoms with Gasteiger partial charge in [0.15, 0.2) is 0 Å². The van der Waals surface area contributed by atoms with Gasteiger partial charge in [0, 0.05) is 23.0 Å². The maximum absolute atomic E-state index is 13.5. The molecule has 0 spiro atoms. The number of nitrogens with zero attached hydrogens (tertiary/aromatic N) is 2. The van der Waals surface area contributed by atoms with Crippen LogP contribution in [-0.4, -0.2) is 58.4 Å². The molecule has 1 aliphatic rings. The van der Waals surface area contributed by atoms with Crippen LogP contribution in [0.4, 0.5) is 17.6 Å². The molecule has 3 aromatic rings. The van der Waals surface area contributed by atoms with E-state index >= 15 is 0 Å². The first kappa shape index (κ1) is 28.7. The zero-order valence-corrected chi connectivity index (χ0v) is 21.3. The molecule has 1 atom stereocenters. The summed E-state index contributed by atoms with van der Waals surface area (Å²) in [6, 6.07) is 10.4. The SMILES string of the molecule is CC(OCC1(c2ccc(F)cc2)CCN(C)CC1)c1cc(Cl)cc2c1[nH]c(=O)n2C.O=C(O)C(F)(F)F. The van der Waals surface area contributed by atoms with Crippen LogP contribution in [0.5, 0.6) is 0 Å². The highest BCUT2D eigenvalue weighted by atomic mass is 35.5. The van der Waals surface area contributed by atoms with E-state index in [-0.39, 0.29) is 23.0 Å². The summed E-state index contributed by atoms with van der Waals surface area (Å²) >= 11 is 6.33. The van der Waals surface area contributed by atoms with Crippen LogP contribution in [0.3, 0.4) is 0 Å². The average molecular weight is 546 g/mol. The Hall–Kier alpha value is -2.89. The number of hydrogen-bond donors (Lipinski definition) is 2. The van der Waals surface area contributed by atoms with E-state index in [0.717, 1.165) is 48.1 Å². The van der Waals surface area contributed by atoms with Crippen LogP contribution in [0.25, 0.3) is 11.0 Å². The standard InChI is InChI=1S/C23H27ClFN3O2.C2HF3O2/c1-15(19-12-17(24)13-20-21(19)26-22(29)28(20)3)30-14-23(8-10-27(2)11-9-23)16-4-6-18(25)7-5-16;3-2(4,5)1(6)7/h4-7,12-13,15H,8-11,14H2,1-3H3,(H,26,29);(H,6,7). The molecule has 202 valence electrons. The molecule has 1 fully saturated rings. The number of carboxylic acid groups (broad SMARTS) is 1. The summed E-state index contributed by atoms with van der Waals surface area (Å²) < 4.78 is 53.2. The summed E-state index contributed by atoms with van der Waals surface area (Å²) in [5.74, 6) is -2.99. The number of fused-ring (bicyclic) bond motifs is 1. The highest BCUT2D eigenvalue weighted by Gasteiger charge is 2.38. The van der Waals surface area contributed by atoms with Crippen molar-refractivity contribution in [2.24, 2.45) is 7.05 Å². The second kappa shape index (κ2) is 11.2. The lowest BCUT2D eigenvalue weighted by Gasteiger charge is -2.41. The summed E-state index contributed by atoms with van der Waals surface area (Å²) in [7, 11) is 3.83. The van der Waals surface area contributed by atoms with Crippen LogP contribution in [0.15, 0.2) is 41.2 Å². The number of aliphatic carboxylic acids is 1. The van der Waals surface area contributed by atoms with Crippen LogP contribution in [0, 0.1) is 5.82 Å². The number of benzene rings is 2. The Labute approximate surface area is 215 Å². The largest absolute Gasteiger partial charge is 0.490 e. The maximum Gasteiger partial charge on any atom is 0.490 e. The highest BCUT2D eigenvalue weighted by molar-refractivity contribution is 6.31. The maximum atomic E-state index is 13.5. The molecule has 0 aliphatic carbocycles. The lowest BCUT2D eigenvalue weighted by molar-refractivity contribution is -0.192. The van der Waals surface area contributed by atoms with Gasteiger partial charge in [0.25, 0.3) is 0 Å². The van der Waals surface area contributed by atoms with Crippen LogP contribution < -0.4 is 5.69 Å². The van der Waals surface area contributed by atoms with Crippen molar-refractivity contribution >= 4 is 28.6 Å². The van der Waals surface area contributed by atoms with Gasteiger partial charge in [0.05, 0.1) is 23.7 Å². The van der Waals surface area contributed by atoms with Crippen molar-refractivity contribution in [1.29, 1.82) is 0 Å². The van der Waals surface area contributed by atoms with E-state index in [1.165, 1.54) is 12.1 Å². The molecule has 37 heavy (non-hydrogen) atoms. The molecule has 1 aliphatic heterocycles. The quantitative estimate of drug-likeness (QED) is 0.439. The predicted octanol–water partition coefficient (Wildman–Crippen LogP) is 5.03. The average Bonchev–Trinajstić information content (AvgIpc) is 3.12. The molecule has 1 saturated heterocycles. The number of rotatable bonds is 5. The molecule has 12 heteroatoms. The number of nitrogens with one attached hydrogen (secondary N) is 1. The Morgan fingerprint density at radius 1 is 1.19 bits per heavy atom. The van der Waals surface area contributed by atoms with Gasteiger partial charge in [0.1, 0.15) is 5.82 Å². The molecular formula is C25H28ClF4N3O4. The lowest BCUT2D eigenvalue weighted by Crippen LogP contribution is -2.44. The topological polar surface area (TPSA) is 87.6 Å². The lowest BCUT2D eigenvalue weighted by atomic mass is 9.73. The summed E-state index contributed by atoms with van der Waals surface area (Å²) in [6.07, 6.45) is -3.47. The molecule has 2 aromatic carbocycles. The Morgan fingerprint density at radius 3 is 2.30 bits per heavy atom. The first-order valence-corrected chi connectivity index (χ1v) is 11.9. The zero-order valence-electron chi connectivity index (χ0n) is 20.5. The third kappa shape index (κ3) is 6.71. The van der Waals surface area contributed by atoms with E-state index in [1.807, 2.05) is 25.1 Å². The van der Waals surface area contributed by atoms with Crippen LogP contribution in [-0.2, 0) is 22.0 Å². The van der Waals surface area contributed by atoms with Gasteiger partial charge in [-0.25, -0.2) is 14.0 Å². The number of carboxylic acids is 1. The van der Waals surface area contributed by atoms with E-state index in [9.17, 15) is 22.4 Å². The minimum atomic E-state index is -5.08. The molecule has 1 unspecified atom stereocenters. The van der Waals surface area contributed by atoms with Gasteiger partial charge in [-0.3, -0.25) is 4.57 Å². The fourth-order valence-corrected chi connectivity index (χ4v) is 4.60. The number of aryl methyl sites for hydroxylation is 1. The normalized spacial score (nSPS) is 16.8. The Bertz CT molecular complexity index is 1300. The number of H-pyrrole nitrogens is 1.